The molecule has 5 nitrogen and oxygen atoms in total. The van der Waals surface area contributed by atoms with E-state index in [2.05, 4.69) is 0 Å². The zero-order valence-corrected chi connectivity index (χ0v) is 17.3. The average molecular weight is 416 g/mol. The largest absolute Gasteiger partial charge is 0.497 e. The molecule has 0 spiro atoms. The van der Waals surface area contributed by atoms with Crippen molar-refractivity contribution in [3.8, 4) is 17.2 Å². The monoisotopic (exact) mass is 415 g/mol. The Kier molecular flexibility index (Phi) is 6.95. The molecule has 2 aromatic rings. The van der Waals surface area contributed by atoms with E-state index in [1.54, 1.807) is 12.0 Å². The summed E-state index contributed by atoms with van der Waals surface area (Å²) < 4.78 is 17.2. The zero-order chi connectivity index (χ0) is 19.9. The van der Waals surface area contributed by atoms with E-state index in [1.165, 1.54) is 11.8 Å². The third-order valence-corrected chi connectivity index (χ3v) is 5.39. The fraction of sp³-hybridized carbons (Fsp3) is 0.238. The molecule has 1 amide bonds. The van der Waals surface area contributed by atoms with Crippen LogP contribution in [0.1, 0.15) is 12.5 Å². The van der Waals surface area contributed by atoms with Crippen LogP contribution < -0.4 is 14.2 Å². The van der Waals surface area contributed by atoms with Gasteiger partial charge in [-0.05, 0) is 42.8 Å². The highest BCUT2D eigenvalue weighted by atomic mass is 32.2. The van der Waals surface area contributed by atoms with Crippen molar-refractivity contribution in [2.45, 2.75) is 6.92 Å². The lowest BCUT2D eigenvalue weighted by atomic mass is 10.2. The Hall–Kier alpha value is -2.51. The molecule has 2 aromatic carbocycles. The molecular weight excluding hydrogens is 394 g/mol. The molecule has 0 aliphatic carbocycles. The van der Waals surface area contributed by atoms with Crippen molar-refractivity contribution in [2.24, 2.45) is 0 Å². The van der Waals surface area contributed by atoms with Crippen molar-refractivity contribution in [1.29, 1.82) is 0 Å². The molecule has 0 unspecified atom stereocenters. The van der Waals surface area contributed by atoms with Crippen molar-refractivity contribution in [2.75, 3.05) is 26.9 Å². The maximum Gasteiger partial charge on any atom is 0.266 e. The lowest BCUT2D eigenvalue weighted by Gasteiger charge is -2.10. The van der Waals surface area contributed by atoms with E-state index < -0.39 is 0 Å². The molecule has 1 aliphatic rings. The van der Waals surface area contributed by atoms with E-state index in [0.29, 0.717) is 34.7 Å². The molecule has 0 aromatic heterocycles. The second-order valence-corrected chi connectivity index (χ2v) is 7.55. The van der Waals surface area contributed by atoms with Gasteiger partial charge in [-0.25, -0.2) is 0 Å². The zero-order valence-electron chi connectivity index (χ0n) is 15.7. The topological polar surface area (TPSA) is 48.0 Å². The molecule has 146 valence electrons. The van der Waals surface area contributed by atoms with Crippen LogP contribution in [0.4, 0.5) is 0 Å². The van der Waals surface area contributed by atoms with Crippen LogP contribution in [0, 0.1) is 0 Å². The number of methoxy groups -OCH3 is 1. The summed E-state index contributed by atoms with van der Waals surface area (Å²) in [6.07, 6.45) is 1.84. The van der Waals surface area contributed by atoms with E-state index in [0.717, 1.165) is 17.1 Å². The second-order valence-electron chi connectivity index (χ2n) is 5.87. The summed E-state index contributed by atoms with van der Waals surface area (Å²) in [5, 5.41) is 0. The Morgan fingerprint density at radius 3 is 2.32 bits per heavy atom. The molecule has 0 bridgehead atoms. The van der Waals surface area contributed by atoms with Gasteiger partial charge >= 0.3 is 0 Å². The highest BCUT2D eigenvalue weighted by molar-refractivity contribution is 8.26. The smallest absolute Gasteiger partial charge is 0.266 e. The Labute approximate surface area is 174 Å². The van der Waals surface area contributed by atoms with Crippen LogP contribution in [0.5, 0.6) is 17.2 Å². The highest BCUT2D eigenvalue weighted by Gasteiger charge is 2.30. The van der Waals surface area contributed by atoms with Crippen LogP contribution in [-0.2, 0) is 4.79 Å². The number of likely N-dealkylation sites (N-methyl/N-ethyl adjacent to an activating group) is 1. The number of hydrogen-bond donors (Lipinski definition) is 0. The first-order chi connectivity index (χ1) is 13.6. The number of carbonyl (C=O) groups is 1. The first-order valence-electron chi connectivity index (χ1n) is 8.86. The van der Waals surface area contributed by atoms with Crippen LogP contribution >= 0.6 is 24.0 Å². The number of hydrogen-bond acceptors (Lipinski definition) is 6. The molecule has 1 saturated heterocycles. The minimum atomic E-state index is -0.0458. The standard InChI is InChI=1S/C21H21NO4S2/c1-3-22-20(23)19(28-21(22)27)13-15-6-4-8-17(12-15)25-10-11-26-18-9-5-7-16(14-18)24-2/h4-9,12-14H,3,10-11H2,1-2H3/b19-13+. The van der Waals surface area contributed by atoms with E-state index >= 15 is 0 Å². The number of carbonyl (C=O) groups excluding carboxylic acids is 1. The van der Waals surface area contributed by atoms with Crippen molar-refractivity contribution in [3.63, 3.8) is 0 Å². The van der Waals surface area contributed by atoms with Gasteiger partial charge in [-0.1, -0.05) is 42.2 Å². The molecule has 1 heterocycles. The Morgan fingerprint density at radius 2 is 1.68 bits per heavy atom. The fourth-order valence-electron chi connectivity index (χ4n) is 2.63. The van der Waals surface area contributed by atoms with E-state index in [4.69, 9.17) is 26.4 Å². The van der Waals surface area contributed by atoms with Crippen molar-refractivity contribution in [3.05, 3.63) is 59.0 Å². The minimum absolute atomic E-state index is 0.0458. The lowest BCUT2D eigenvalue weighted by molar-refractivity contribution is -0.121. The maximum absolute atomic E-state index is 12.3. The third-order valence-electron chi connectivity index (χ3n) is 4.01. The SMILES string of the molecule is CCN1C(=O)/C(=C\c2cccc(OCCOc3cccc(OC)c3)c2)SC1=S. The predicted molar refractivity (Wildman–Crippen MR) is 116 cm³/mol. The number of thioether (sulfide) groups is 1. The van der Waals surface area contributed by atoms with Crippen LogP contribution in [0.25, 0.3) is 6.08 Å². The number of benzene rings is 2. The van der Waals surface area contributed by atoms with Gasteiger partial charge in [0, 0.05) is 12.6 Å². The first-order valence-corrected chi connectivity index (χ1v) is 10.1. The number of ether oxygens (including phenoxy) is 3. The number of amides is 1. The number of rotatable bonds is 8. The molecule has 0 N–H and O–H groups in total. The summed E-state index contributed by atoms with van der Waals surface area (Å²) in [4.78, 5) is 14.5. The molecule has 1 fully saturated rings. The summed E-state index contributed by atoms with van der Waals surface area (Å²) in [5.74, 6) is 2.15. The number of thiocarbonyl (C=S) groups is 1. The molecule has 7 heteroatoms. The first kappa shape index (κ1) is 20.2. The number of nitrogens with zero attached hydrogens (tertiary/aromatic N) is 1. The molecule has 0 saturated carbocycles. The highest BCUT2D eigenvalue weighted by Crippen LogP contribution is 2.32. The van der Waals surface area contributed by atoms with E-state index in [9.17, 15) is 4.79 Å². The summed E-state index contributed by atoms with van der Waals surface area (Å²) in [5.41, 5.74) is 0.891. The van der Waals surface area contributed by atoms with Crippen LogP contribution in [0.15, 0.2) is 53.4 Å². The molecule has 0 atom stereocenters. The van der Waals surface area contributed by atoms with Gasteiger partial charge in [0.05, 0.1) is 12.0 Å². The average Bonchev–Trinajstić information content (AvgIpc) is 2.98. The van der Waals surface area contributed by atoms with E-state index in [-0.39, 0.29) is 5.91 Å². The van der Waals surface area contributed by atoms with Crippen molar-refractivity contribution >= 4 is 40.3 Å². The van der Waals surface area contributed by atoms with Gasteiger partial charge in [0.1, 0.15) is 34.8 Å². The maximum atomic E-state index is 12.3. The van der Waals surface area contributed by atoms with Gasteiger partial charge in [-0.2, -0.15) is 0 Å². The van der Waals surface area contributed by atoms with Gasteiger partial charge < -0.3 is 14.2 Å². The van der Waals surface area contributed by atoms with Gasteiger partial charge in [0.15, 0.2) is 0 Å². The fourth-order valence-corrected chi connectivity index (χ4v) is 4.01. The van der Waals surface area contributed by atoms with Gasteiger partial charge in [-0.3, -0.25) is 9.69 Å². The minimum Gasteiger partial charge on any atom is -0.497 e. The Bertz CT molecular complexity index is 897. The van der Waals surface area contributed by atoms with Crippen molar-refractivity contribution in [1.82, 2.24) is 4.90 Å². The predicted octanol–water partition coefficient (Wildman–Crippen LogP) is 4.37. The molecule has 28 heavy (non-hydrogen) atoms. The Balaban J connectivity index is 1.56. The van der Waals surface area contributed by atoms with Crippen LogP contribution in [0.3, 0.4) is 0 Å². The Morgan fingerprint density at radius 1 is 1.04 bits per heavy atom. The molecular formula is C21H21NO4S2. The van der Waals surface area contributed by atoms with E-state index in [1.807, 2.05) is 61.5 Å². The summed E-state index contributed by atoms with van der Waals surface area (Å²) in [6, 6.07) is 15.0. The summed E-state index contributed by atoms with van der Waals surface area (Å²) in [6.45, 7) is 3.30. The van der Waals surface area contributed by atoms with Gasteiger partial charge in [0.2, 0.25) is 0 Å². The van der Waals surface area contributed by atoms with Gasteiger partial charge in [-0.15, -0.1) is 0 Å². The summed E-state index contributed by atoms with van der Waals surface area (Å²) >= 11 is 6.57. The third kappa shape index (κ3) is 5.05. The van der Waals surface area contributed by atoms with Crippen LogP contribution in [0.2, 0.25) is 0 Å². The van der Waals surface area contributed by atoms with Crippen LogP contribution in [-0.4, -0.2) is 42.0 Å². The quantitative estimate of drug-likeness (QED) is 0.362. The van der Waals surface area contributed by atoms with Crippen molar-refractivity contribution < 1.29 is 19.0 Å². The lowest BCUT2D eigenvalue weighted by Crippen LogP contribution is -2.27. The molecule has 0 radical (unpaired) electrons. The summed E-state index contributed by atoms with van der Waals surface area (Å²) in [7, 11) is 1.62. The second kappa shape index (κ2) is 9.61. The normalized spacial score (nSPS) is 15.2. The molecule has 1 aliphatic heterocycles. The molecule has 3 rings (SSSR count). The van der Waals surface area contributed by atoms with Gasteiger partial charge in [0.25, 0.3) is 5.91 Å².